The van der Waals surface area contributed by atoms with Crippen molar-refractivity contribution in [2.75, 3.05) is 18.5 Å². The number of hydrogen-bond donors (Lipinski definition) is 1. The average Bonchev–Trinajstić information content (AvgIpc) is 3.67. The number of aromatic nitrogens is 2. The van der Waals surface area contributed by atoms with Crippen molar-refractivity contribution in [1.29, 1.82) is 0 Å². The number of nitrogens with zero attached hydrogens (tertiary/aromatic N) is 3. The highest BCUT2D eigenvalue weighted by molar-refractivity contribution is 6.36. The summed E-state index contributed by atoms with van der Waals surface area (Å²) in [7, 11) is 0. The molecule has 0 saturated heterocycles. The summed E-state index contributed by atoms with van der Waals surface area (Å²) in [6, 6.07) is 22.0. The Morgan fingerprint density at radius 3 is 2.55 bits per heavy atom. The Labute approximate surface area is 231 Å². The second kappa shape index (κ2) is 11.3. The molecule has 0 unspecified atom stereocenters. The van der Waals surface area contributed by atoms with Gasteiger partial charge in [-0.1, -0.05) is 59.6 Å². The summed E-state index contributed by atoms with van der Waals surface area (Å²) in [6.07, 6.45) is 3.54. The zero-order valence-corrected chi connectivity index (χ0v) is 22.2. The van der Waals surface area contributed by atoms with Crippen molar-refractivity contribution in [3.63, 3.8) is 0 Å². The first-order valence-electron chi connectivity index (χ1n) is 12.4. The fourth-order valence-electron chi connectivity index (χ4n) is 4.19. The second-order valence-electron chi connectivity index (χ2n) is 8.95. The van der Waals surface area contributed by atoms with E-state index in [-0.39, 0.29) is 29.4 Å². The maximum Gasteiger partial charge on any atom is 0.256 e. The topological polar surface area (TPSA) is 76.5 Å². The van der Waals surface area contributed by atoms with Crippen LogP contribution in [-0.4, -0.2) is 45.5 Å². The fraction of sp³-hybridized carbons (Fsp3) is 0.207. The van der Waals surface area contributed by atoms with Gasteiger partial charge in [0.15, 0.2) is 0 Å². The largest absolute Gasteiger partial charge is 0.494 e. The van der Waals surface area contributed by atoms with Crippen LogP contribution in [0.2, 0.25) is 10.0 Å². The number of imidazole rings is 1. The molecule has 1 N–H and O–H groups in total. The van der Waals surface area contributed by atoms with Gasteiger partial charge in [-0.25, -0.2) is 4.98 Å². The Morgan fingerprint density at radius 1 is 1.05 bits per heavy atom. The molecule has 194 valence electrons. The van der Waals surface area contributed by atoms with Crippen LogP contribution >= 0.6 is 23.2 Å². The van der Waals surface area contributed by atoms with E-state index >= 15 is 0 Å². The second-order valence-corrected chi connectivity index (χ2v) is 9.80. The van der Waals surface area contributed by atoms with Gasteiger partial charge in [-0.3, -0.25) is 19.5 Å². The normalized spacial score (nSPS) is 12.7. The lowest BCUT2D eigenvalue weighted by Gasteiger charge is -2.22. The Morgan fingerprint density at radius 2 is 1.84 bits per heavy atom. The molecule has 7 nitrogen and oxygen atoms in total. The van der Waals surface area contributed by atoms with E-state index in [1.165, 1.54) is 6.07 Å². The predicted octanol–water partition coefficient (Wildman–Crippen LogP) is 6.49. The predicted molar refractivity (Wildman–Crippen MR) is 149 cm³/mol. The number of rotatable bonds is 9. The lowest BCUT2D eigenvalue weighted by atomic mass is 10.2. The van der Waals surface area contributed by atoms with Gasteiger partial charge < -0.3 is 9.64 Å². The van der Waals surface area contributed by atoms with E-state index in [1.807, 2.05) is 72.3 Å². The van der Waals surface area contributed by atoms with Crippen LogP contribution in [0.5, 0.6) is 5.75 Å². The molecule has 0 aliphatic heterocycles. The highest BCUT2D eigenvalue weighted by Gasteiger charge is 2.35. The standard InChI is InChI=1S/C29H26Cl2N4O3/c1-2-38-23-10-6-9-22(16-23)35-17-26(19-7-4-3-5-8-19)32-29(35)33-27(36)18-34(21-12-13-21)28(37)24-14-11-20(30)15-25(24)31/h3-11,14-17,21H,2,12-13,18H2,1H3,(H,32,33,36). The van der Waals surface area contributed by atoms with Gasteiger partial charge >= 0.3 is 0 Å². The highest BCUT2D eigenvalue weighted by Crippen LogP contribution is 2.31. The van der Waals surface area contributed by atoms with Crippen molar-refractivity contribution in [2.45, 2.75) is 25.8 Å². The van der Waals surface area contributed by atoms with E-state index in [9.17, 15) is 9.59 Å². The van der Waals surface area contributed by atoms with E-state index in [4.69, 9.17) is 32.9 Å². The van der Waals surface area contributed by atoms with Crippen molar-refractivity contribution in [1.82, 2.24) is 14.5 Å². The Hall–Kier alpha value is -3.81. The summed E-state index contributed by atoms with van der Waals surface area (Å²) in [5.41, 5.74) is 2.71. The van der Waals surface area contributed by atoms with E-state index in [0.717, 1.165) is 24.1 Å². The first kappa shape index (κ1) is 25.8. The minimum absolute atomic E-state index is 0.0116. The van der Waals surface area contributed by atoms with Crippen molar-refractivity contribution in [2.24, 2.45) is 0 Å². The van der Waals surface area contributed by atoms with Gasteiger partial charge in [0.05, 0.1) is 28.6 Å². The first-order chi connectivity index (χ1) is 18.4. The van der Waals surface area contributed by atoms with Crippen molar-refractivity contribution >= 4 is 41.0 Å². The molecule has 0 bridgehead atoms. The van der Waals surface area contributed by atoms with Crippen LogP contribution in [0.4, 0.5) is 5.95 Å². The van der Waals surface area contributed by atoms with Gasteiger partial charge in [-0.2, -0.15) is 0 Å². The molecule has 0 spiro atoms. The number of benzene rings is 3. The summed E-state index contributed by atoms with van der Waals surface area (Å²) in [5.74, 6) is 0.391. The van der Waals surface area contributed by atoms with Crippen LogP contribution in [-0.2, 0) is 4.79 Å². The smallest absolute Gasteiger partial charge is 0.256 e. The molecule has 4 aromatic rings. The molecule has 38 heavy (non-hydrogen) atoms. The molecule has 2 amide bonds. The number of carbonyl (C=O) groups excluding carboxylic acids is 2. The van der Waals surface area contributed by atoms with Crippen LogP contribution in [0, 0.1) is 0 Å². The van der Waals surface area contributed by atoms with Crippen LogP contribution < -0.4 is 10.1 Å². The van der Waals surface area contributed by atoms with Crippen LogP contribution in [0.3, 0.4) is 0 Å². The Kier molecular flexibility index (Phi) is 7.67. The molecule has 1 heterocycles. The molecular formula is C29H26Cl2N4O3. The maximum absolute atomic E-state index is 13.3. The molecule has 1 aliphatic rings. The third-order valence-corrected chi connectivity index (χ3v) is 6.71. The Bertz CT molecular complexity index is 1470. The monoisotopic (exact) mass is 548 g/mol. The van der Waals surface area contributed by atoms with Gasteiger partial charge in [-0.05, 0) is 50.1 Å². The Balaban J connectivity index is 1.42. The number of anilines is 1. The third kappa shape index (κ3) is 5.85. The molecule has 0 radical (unpaired) electrons. The number of amides is 2. The van der Waals surface area contributed by atoms with Crippen molar-refractivity contribution in [3.8, 4) is 22.7 Å². The number of hydrogen-bond acceptors (Lipinski definition) is 4. The van der Waals surface area contributed by atoms with Crippen molar-refractivity contribution in [3.05, 3.63) is 94.6 Å². The molecule has 5 rings (SSSR count). The van der Waals surface area contributed by atoms with Crippen LogP contribution in [0.1, 0.15) is 30.1 Å². The fourth-order valence-corrected chi connectivity index (χ4v) is 4.68. The molecular weight excluding hydrogens is 523 g/mol. The molecule has 3 aromatic carbocycles. The minimum Gasteiger partial charge on any atom is -0.494 e. The highest BCUT2D eigenvalue weighted by atomic mass is 35.5. The quantitative estimate of drug-likeness (QED) is 0.259. The summed E-state index contributed by atoms with van der Waals surface area (Å²) < 4.78 is 7.48. The lowest BCUT2D eigenvalue weighted by molar-refractivity contribution is -0.117. The van der Waals surface area contributed by atoms with E-state index in [2.05, 4.69) is 5.32 Å². The number of nitrogens with one attached hydrogen (secondary N) is 1. The van der Waals surface area contributed by atoms with Gasteiger partial charge in [0.25, 0.3) is 5.91 Å². The summed E-state index contributed by atoms with van der Waals surface area (Å²) in [6.45, 7) is 2.33. The zero-order chi connectivity index (χ0) is 26.6. The summed E-state index contributed by atoms with van der Waals surface area (Å²) >= 11 is 12.3. The molecule has 1 saturated carbocycles. The van der Waals surface area contributed by atoms with Crippen LogP contribution in [0.15, 0.2) is 79.0 Å². The molecule has 0 atom stereocenters. The van der Waals surface area contributed by atoms with Gasteiger partial charge in [-0.15, -0.1) is 0 Å². The summed E-state index contributed by atoms with van der Waals surface area (Å²) in [5, 5.41) is 3.61. The van der Waals surface area contributed by atoms with Gasteiger partial charge in [0, 0.05) is 28.9 Å². The van der Waals surface area contributed by atoms with Crippen molar-refractivity contribution < 1.29 is 14.3 Å². The molecule has 1 fully saturated rings. The number of carbonyl (C=O) groups is 2. The SMILES string of the molecule is CCOc1cccc(-n2cc(-c3ccccc3)nc2NC(=O)CN(C(=O)c2ccc(Cl)cc2Cl)C2CC2)c1. The van der Waals surface area contributed by atoms with E-state index in [1.54, 1.807) is 17.0 Å². The number of halogens is 2. The third-order valence-electron chi connectivity index (χ3n) is 6.16. The van der Waals surface area contributed by atoms with Crippen LogP contribution in [0.25, 0.3) is 16.9 Å². The minimum atomic E-state index is -0.359. The lowest BCUT2D eigenvalue weighted by Crippen LogP contribution is -2.40. The zero-order valence-electron chi connectivity index (χ0n) is 20.7. The average molecular weight is 549 g/mol. The van der Waals surface area contributed by atoms with E-state index < -0.39 is 0 Å². The van der Waals surface area contributed by atoms with Gasteiger partial charge in [0.1, 0.15) is 12.3 Å². The van der Waals surface area contributed by atoms with E-state index in [0.29, 0.717) is 34.6 Å². The summed E-state index contributed by atoms with van der Waals surface area (Å²) in [4.78, 5) is 32.9. The molecule has 1 aromatic heterocycles. The number of ether oxygens (including phenoxy) is 1. The maximum atomic E-state index is 13.3. The van der Waals surface area contributed by atoms with Gasteiger partial charge in [0.2, 0.25) is 11.9 Å². The first-order valence-corrected chi connectivity index (χ1v) is 13.1. The molecule has 1 aliphatic carbocycles. The molecule has 9 heteroatoms.